The van der Waals surface area contributed by atoms with Crippen LogP contribution in [0.2, 0.25) is 0 Å². The number of amides is 1. The van der Waals surface area contributed by atoms with Gasteiger partial charge in [-0.25, -0.2) is 0 Å². The number of aliphatic hydroxyl groups excluding tert-OH is 2. The SMILES string of the molecule is CCCCCCCCCCCCCCCC/C=C/CC/C=C/C(O)C(CS(=O)(=O)O)NC(=O)C(O)CCCCCCCCCCC. The molecule has 46 heavy (non-hydrogen) atoms. The zero-order valence-corrected chi connectivity index (χ0v) is 30.6. The molecule has 1 amide bonds. The molecule has 0 saturated heterocycles. The second-order valence-corrected chi connectivity index (χ2v) is 14.8. The summed E-state index contributed by atoms with van der Waals surface area (Å²) in [4.78, 5) is 12.5. The first kappa shape index (κ1) is 44.8. The average Bonchev–Trinajstić information content (AvgIpc) is 3.01. The van der Waals surface area contributed by atoms with Crippen molar-refractivity contribution in [2.24, 2.45) is 0 Å². The zero-order chi connectivity index (χ0) is 34.1. The average molecular weight is 672 g/mol. The number of unbranched alkanes of at least 4 members (excludes halogenated alkanes) is 23. The highest BCUT2D eigenvalue weighted by Crippen LogP contribution is 2.14. The van der Waals surface area contributed by atoms with Crippen LogP contribution < -0.4 is 5.32 Å². The maximum atomic E-state index is 12.5. The molecule has 8 heteroatoms. The van der Waals surface area contributed by atoms with Gasteiger partial charge in [0, 0.05) is 0 Å². The van der Waals surface area contributed by atoms with E-state index in [4.69, 9.17) is 0 Å². The van der Waals surface area contributed by atoms with Crippen molar-refractivity contribution in [1.29, 1.82) is 0 Å². The van der Waals surface area contributed by atoms with Crippen LogP contribution in [0.25, 0.3) is 0 Å². The number of hydrogen-bond acceptors (Lipinski definition) is 5. The molecular weight excluding hydrogens is 598 g/mol. The predicted molar refractivity (Wildman–Crippen MR) is 195 cm³/mol. The zero-order valence-electron chi connectivity index (χ0n) is 29.8. The highest BCUT2D eigenvalue weighted by atomic mass is 32.2. The minimum absolute atomic E-state index is 0.276. The van der Waals surface area contributed by atoms with Crippen LogP contribution in [-0.2, 0) is 14.9 Å². The van der Waals surface area contributed by atoms with Crippen LogP contribution in [0, 0.1) is 0 Å². The molecule has 7 nitrogen and oxygen atoms in total. The van der Waals surface area contributed by atoms with Gasteiger partial charge in [-0.15, -0.1) is 0 Å². The van der Waals surface area contributed by atoms with Gasteiger partial charge in [0.1, 0.15) is 6.10 Å². The van der Waals surface area contributed by atoms with Crippen molar-refractivity contribution in [1.82, 2.24) is 5.32 Å². The highest BCUT2D eigenvalue weighted by molar-refractivity contribution is 7.85. The van der Waals surface area contributed by atoms with Crippen LogP contribution in [-0.4, -0.2) is 53.1 Å². The Balaban J connectivity index is 4.07. The first-order valence-electron chi connectivity index (χ1n) is 19.1. The summed E-state index contributed by atoms with van der Waals surface area (Å²) in [6, 6.07) is -1.24. The summed E-state index contributed by atoms with van der Waals surface area (Å²) >= 11 is 0. The highest BCUT2D eigenvalue weighted by Gasteiger charge is 2.27. The molecule has 0 aromatic rings. The second kappa shape index (κ2) is 32.3. The molecule has 4 N–H and O–H groups in total. The minimum atomic E-state index is -4.44. The number of carbonyl (C=O) groups is 1. The summed E-state index contributed by atoms with van der Waals surface area (Å²) in [6.07, 6.45) is 36.8. The quantitative estimate of drug-likeness (QED) is 0.0307. The number of rotatable bonds is 34. The van der Waals surface area contributed by atoms with Gasteiger partial charge < -0.3 is 15.5 Å². The molecule has 0 aliphatic carbocycles. The molecule has 0 aliphatic rings. The van der Waals surface area contributed by atoms with Gasteiger partial charge in [0.05, 0.1) is 17.9 Å². The van der Waals surface area contributed by atoms with E-state index in [0.717, 1.165) is 32.1 Å². The standard InChI is InChI=1S/C38H73NO6S/c1-3-5-7-9-11-13-14-15-16-17-18-19-20-21-22-23-25-26-28-30-32-36(40)35(34-46(43,44)45)39-38(42)37(41)33-31-29-27-24-12-10-8-6-4-2/h23,25,30,32,35-37,40-41H,3-22,24,26-29,31,33-34H2,1-2H3,(H,39,42)(H,43,44,45)/b25-23+,32-30+. The summed E-state index contributed by atoms with van der Waals surface area (Å²) in [5.41, 5.74) is 0. The van der Waals surface area contributed by atoms with Crippen LogP contribution in [0.5, 0.6) is 0 Å². The third-order valence-corrected chi connectivity index (χ3v) is 9.52. The molecule has 0 spiro atoms. The summed E-state index contributed by atoms with van der Waals surface area (Å²) < 4.78 is 32.4. The van der Waals surface area contributed by atoms with Gasteiger partial charge in [-0.2, -0.15) is 8.42 Å². The van der Waals surface area contributed by atoms with Gasteiger partial charge in [0.15, 0.2) is 0 Å². The number of aliphatic hydroxyl groups is 2. The molecule has 0 aromatic carbocycles. The van der Waals surface area contributed by atoms with Crippen LogP contribution >= 0.6 is 0 Å². The predicted octanol–water partition coefficient (Wildman–Crippen LogP) is 9.77. The third-order valence-electron chi connectivity index (χ3n) is 8.74. The lowest BCUT2D eigenvalue weighted by molar-refractivity contribution is -0.130. The Bertz CT molecular complexity index is 844. The normalized spacial score (nSPS) is 14.3. The van der Waals surface area contributed by atoms with Crippen molar-refractivity contribution in [3.05, 3.63) is 24.3 Å². The minimum Gasteiger partial charge on any atom is -0.387 e. The molecule has 3 unspecified atom stereocenters. The molecule has 0 aliphatic heterocycles. The molecule has 0 rings (SSSR count). The van der Waals surface area contributed by atoms with E-state index < -0.39 is 40.0 Å². The van der Waals surface area contributed by atoms with Crippen LogP contribution in [0.4, 0.5) is 0 Å². The summed E-state index contributed by atoms with van der Waals surface area (Å²) in [6.45, 7) is 4.47. The van der Waals surface area contributed by atoms with Gasteiger partial charge in [0.2, 0.25) is 5.91 Å². The summed E-state index contributed by atoms with van der Waals surface area (Å²) in [5, 5.41) is 23.2. The Morgan fingerprint density at radius 2 is 0.978 bits per heavy atom. The second-order valence-electron chi connectivity index (χ2n) is 13.3. The molecule has 0 heterocycles. The van der Waals surface area contributed by atoms with Gasteiger partial charge in [0.25, 0.3) is 10.1 Å². The Morgan fingerprint density at radius 1 is 0.587 bits per heavy atom. The largest absolute Gasteiger partial charge is 0.387 e. The van der Waals surface area contributed by atoms with E-state index in [9.17, 15) is 28.0 Å². The van der Waals surface area contributed by atoms with E-state index in [1.807, 2.05) is 0 Å². The Kier molecular flexibility index (Phi) is 31.5. The van der Waals surface area contributed by atoms with Crippen molar-refractivity contribution in [2.45, 2.75) is 205 Å². The first-order chi connectivity index (χ1) is 22.2. The van der Waals surface area contributed by atoms with E-state index in [0.29, 0.717) is 12.8 Å². The van der Waals surface area contributed by atoms with Crippen LogP contribution in [0.1, 0.15) is 187 Å². The lowest BCUT2D eigenvalue weighted by Gasteiger charge is -2.22. The monoisotopic (exact) mass is 672 g/mol. The molecule has 3 atom stereocenters. The van der Waals surface area contributed by atoms with Crippen molar-refractivity contribution < 1.29 is 28.0 Å². The number of carbonyl (C=O) groups excluding carboxylic acids is 1. The molecule has 0 radical (unpaired) electrons. The van der Waals surface area contributed by atoms with E-state index in [-0.39, 0.29) is 6.42 Å². The van der Waals surface area contributed by atoms with Crippen molar-refractivity contribution in [3.8, 4) is 0 Å². The Labute approximate surface area is 284 Å². The molecule has 272 valence electrons. The van der Waals surface area contributed by atoms with Crippen molar-refractivity contribution >= 4 is 16.0 Å². The molecule has 0 bridgehead atoms. The fourth-order valence-corrected chi connectivity index (χ4v) is 6.50. The maximum Gasteiger partial charge on any atom is 0.267 e. The topological polar surface area (TPSA) is 124 Å². The molecular formula is C38H73NO6S. The van der Waals surface area contributed by atoms with Crippen molar-refractivity contribution in [2.75, 3.05) is 5.75 Å². The van der Waals surface area contributed by atoms with Gasteiger partial charge in [-0.05, 0) is 32.1 Å². The van der Waals surface area contributed by atoms with E-state index in [1.54, 1.807) is 6.08 Å². The van der Waals surface area contributed by atoms with E-state index >= 15 is 0 Å². The number of allylic oxidation sites excluding steroid dienone is 3. The fraction of sp³-hybridized carbons (Fsp3) is 0.868. The van der Waals surface area contributed by atoms with E-state index in [2.05, 4.69) is 31.3 Å². The van der Waals surface area contributed by atoms with Crippen molar-refractivity contribution in [3.63, 3.8) is 0 Å². The summed E-state index contributed by atoms with van der Waals surface area (Å²) in [5.74, 6) is -1.55. The number of hydrogen-bond donors (Lipinski definition) is 4. The fourth-order valence-electron chi connectivity index (χ4n) is 5.77. The van der Waals surface area contributed by atoms with Gasteiger partial charge >= 0.3 is 0 Å². The lowest BCUT2D eigenvalue weighted by atomic mass is 10.0. The van der Waals surface area contributed by atoms with Crippen LogP contribution in [0.15, 0.2) is 24.3 Å². The Hall–Kier alpha value is -1.22. The molecule has 0 saturated carbocycles. The van der Waals surface area contributed by atoms with Gasteiger partial charge in [-0.3, -0.25) is 9.35 Å². The summed E-state index contributed by atoms with van der Waals surface area (Å²) in [7, 11) is -4.44. The molecule has 0 aromatic heterocycles. The number of nitrogens with one attached hydrogen (secondary N) is 1. The van der Waals surface area contributed by atoms with E-state index in [1.165, 1.54) is 128 Å². The van der Waals surface area contributed by atoms with Crippen LogP contribution in [0.3, 0.4) is 0 Å². The first-order valence-corrected chi connectivity index (χ1v) is 20.8. The maximum absolute atomic E-state index is 12.5. The Morgan fingerprint density at radius 3 is 1.43 bits per heavy atom. The van der Waals surface area contributed by atoms with Gasteiger partial charge in [-0.1, -0.05) is 179 Å². The molecule has 0 fully saturated rings. The third kappa shape index (κ3) is 31.4. The smallest absolute Gasteiger partial charge is 0.267 e. The lowest BCUT2D eigenvalue weighted by Crippen LogP contribution is -2.50.